The van der Waals surface area contributed by atoms with E-state index in [-0.39, 0.29) is 0 Å². The van der Waals surface area contributed by atoms with E-state index in [1.165, 1.54) is 11.1 Å². The normalized spacial score (nSPS) is 10.4. The third-order valence-corrected chi connectivity index (χ3v) is 2.27. The van der Waals surface area contributed by atoms with Crippen molar-refractivity contribution in [1.82, 2.24) is 0 Å². The van der Waals surface area contributed by atoms with Crippen LogP contribution >= 0.6 is 0 Å². The average molecular weight is 194 g/mol. The van der Waals surface area contributed by atoms with E-state index in [0.29, 0.717) is 5.92 Å². The van der Waals surface area contributed by atoms with Crippen LogP contribution in [-0.4, -0.2) is 14.2 Å². The monoisotopic (exact) mass is 194 g/mol. The summed E-state index contributed by atoms with van der Waals surface area (Å²) in [5, 5.41) is 0. The van der Waals surface area contributed by atoms with Crippen molar-refractivity contribution in [3.8, 4) is 11.5 Å². The van der Waals surface area contributed by atoms with E-state index in [2.05, 4.69) is 26.8 Å². The Kier molecular flexibility index (Phi) is 3.39. The fourth-order valence-electron chi connectivity index (χ4n) is 1.57. The lowest BCUT2D eigenvalue weighted by atomic mass is 9.99. The van der Waals surface area contributed by atoms with E-state index in [1.807, 2.05) is 6.07 Å². The summed E-state index contributed by atoms with van der Waals surface area (Å²) >= 11 is 0. The van der Waals surface area contributed by atoms with Gasteiger partial charge in [-0.15, -0.1) is 0 Å². The highest BCUT2D eigenvalue weighted by molar-refractivity contribution is 5.50. The van der Waals surface area contributed by atoms with Crippen LogP contribution in [0.25, 0.3) is 0 Å². The second kappa shape index (κ2) is 4.36. The fourth-order valence-corrected chi connectivity index (χ4v) is 1.57. The van der Waals surface area contributed by atoms with E-state index < -0.39 is 0 Å². The lowest BCUT2D eigenvalue weighted by Gasteiger charge is -2.16. The van der Waals surface area contributed by atoms with Gasteiger partial charge in [-0.3, -0.25) is 0 Å². The summed E-state index contributed by atoms with van der Waals surface area (Å²) in [6, 6.07) is 4.14. The fraction of sp³-hybridized carbons (Fsp3) is 0.500. The van der Waals surface area contributed by atoms with Gasteiger partial charge in [-0.25, -0.2) is 0 Å². The summed E-state index contributed by atoms with van der Waals surface area (Å²) in [7, 11) is 3.35. The summed E-state index contributed by atoms with van der Waals surface area (Å²) in [5.74, 6) is 2.11. The van der Waals surface area contributed by atoms with Crippen molar-refractivity contribution in [2.45, 2.75) is 26.7 Å². The van der Waals surface area contributed by atoms with Crippen LogP contribution in [0.15, 0.2) is 12.1 Å². The van der Waals surface area contributed by atoms with Crippen molar-refractivity contribution in [1.29, 1.82) is 0 Å². The molecule has 1 aromatic rings. The van der Waals surface area contributed by atoms with Gasteiger partial charge in [0.25, 0.3) is 0 Å². The van der Waals surface area contributed by atoms with Crippen LogP contribution in [0.1, 0.15) is 30.9 Å². The predicted molar refractivity (Wildman–Crippen MR) is 58.4 cm³/mol. The van der Waals surface area contributed by atoms with Gasteiger partial charge < -0.3 is 9.47 Å². The minimum absolute atomic E-state index is 0.443. The molecule has 0 aliphatic rings. The zero-order valence-corrected chi connectivity index (χ0v) is 9.55. The highest BCUT2D eigenvalue weighted by Gasteiger charge is 2.13. The first-order valence-electron chi connectivity index (χ1n) is 4.82. The highest BCUT2D eigenvalue weighted by atomic mass is 16.5. The maximum atomic E-state index is 5.36. The Hall–Kier alpha value is -1.18. The minimum Gasteiger partial charge on any atom is -0.493 e. The van der Waals surface area contributed by atoms with Crippen LogP contribution in [0.2, 0.25) is 0 Å². The SMILES string of the molecule is COc1cc(C)cc(C(C)C)c1OC. The summed E-state index contributed by atoms with van der Waals surface area (Å²) in [4.78, 5) is 0. The van der Waals surface area contributed by atoms with E-state index in [4.69, 9.17) is 9.47 Å². The summed E-state index contributed by atoms with van der Waals surface area (Å²) < 4.78 is 10.6. The second-order valence-corrected chi connectivity index (χ2v) is 3.74. The molecule has 0 aliphatic heterocycles. The number of ether oxygens (including phenoxy) is 2. The molecule has 2 nitrogen and oxygen atoms in total. The molecule has 0 radical (unpaired) electrons. The smallest absolute Gasteiger partial charge is 0.164 e. The Balaban J connectivity index is 3.31. The standard InChI is InChI=1S/C12H18O2/c1-8(2)10-6-9(3)7-11(13-4)12(10)14-5/h6-8H,1-5H3. The van der Waals surface area contributed by atoms with Gasteiger partial charge in [0.2, 0.25) is 0 Å². The molecule has 0 atom stereocenters. The maximum Gasteiger partial charge on any atom is 0.164 e. The first kappa shape index (κ1) is 10.9. The van der Waals surface area contributed by atoms with Crippen molar-refractivity contribution in [3.63, 3.8) is 0 Å². The minimum atomic E-state index is 0.443. The number of hydrogen-bond donors (Lipinski definition) is 0. The summed E-state index contributed by atoms with van der Waals surface area (Å²) in [6.07, 6.45) is 0. The third kappa shape index (κ3) is 2.00. The van der Waals surface area contributed by atoms with Gasteiger partial charge in [-0.2, -0.15) is 0 Å². The largest absolute Gasteiger partial charge is 0.493 e. The van der Waals surface area contributed by atoms with Gasteiger partial charge in [-0.05, 0) is 24.5 Å². The van der Waals surface area contributed by atoms with Crippen LogP contribution in [0, 0.1) is 6.92 Å². The Morgan fingerprint density at radius 2 is 1.71 bits per heavy atom. The Morgan fingerprint density at radius 3 is 2.14 bits per heavy atom. The molecule has 0 saturated carbocycles. The van der Waals surface area contributed by atoms with Crippen molar-refractivity contribution in [3.05, 3.63) is 23.3 Å². The Labute approximate surface area is 85.8 Å². The molecule has 14 heavy (non-hydrogen) atoms. The second-order valence-electron chi connectivity index (χ2n) is 3.74. The Morgan fingerprint density at radius 1 is 1.07 bits per heavy atom. The maximum absolute atomic E-state index is 5.36. The topological polar surface area (TPSA) is 18.5 Å². The number of rotatable bonds is 3. The molecule has 0 aliphatic carbocycles. The van der Waals surface area contributed by atoms with Gasteiger partial charge in [-0.1, -0.05) is 19.9 Å². The van der Waals surface area contributed by atoms with Gasteiger partial charge >= 0.3 is 0 Å². The Bertz CT molecular complexity index is 316. The molecule has 0 aromatic heterocycles. The van der Waals surface area contributed by atoms with Gasteiger partial charge in [0.15, 0.2) is 11.5 Å². The zero-order valence-electron chi connectivity index (χ0n) is 9.55. The summed E-state index contributed by atoms with van der Waals surface area (Å²) in [5.41, 5.74) is 2.40. The van der Waals surface area contributed by atoms with Gasteiger partial charge in [0.1, 0.15) is 0 Å². The van der Waals surface area contributed by atoms with Crippen molar-refractivity contribution < 1.29 is 9.47 Å². The molecule has 0 unspecified atom stereocenters. The molecular formula is C12H18O2. The van der Waals surface area contributed by atoms with E-state index in [1.54, 1.807) is 14.2 Å². The molecular weight excluding hydrogens is 176 g/mol. The van der Waals surface area contributed by atoms with Crippen molar-refractivity contribution in [2.24, 2.45) is 0 Å². The molecule has 1 rings (SSSR count). The van der Waals surface area contributed by atoms with Gasteiger partial charge in [0.05, 0.1) is 14.2 Å². The molecule has 2 heteroatoms. The number of aryl methyl sites for hydroxylation is 1. The highest BCUT2D eigenvalue weighted by Crippen LogP contribution is 2.36. The third-order valence-electron chi connectivity index (χ3n) is 2.27. The molecule has 0 fully saturated rings. The van der Waals surface area contributed by atoms with Crippen LogP contribution < -0.4 is 9.47 Å². The predicted octanol–water partition coefficient (Wildman–Crippen LogP) is 3.14. The molecule has 0 saturated heterocycles. The van der Waals surface area contributed by atoms with Crippen LogP contribution in [0.5, 0.6) is 11.5 Å². The van der Waals surface area contributed by atoms with Crippen LogP contribution in [0.3, 0.4) is 0 Å². The van der Waals surface area contributed by atoms with Gasteiger partial charge in [0, 0.05) is 5.56 Å². The molecule has 0 spiro atoms. The number of hydrogen-bond acceptors (Lipinski definition) is 2. The summed E-state index contributed by atoms with van der Waals surface area (Å²) in [6.45, 7) is 6.36. The molecule has 1 aromatic carbocycles. The first-order chi connectivity index (χ1) is 6.60. The molecule has 0 N–H and O–H groups in total. The first-order valence-corrected chi connectivity index (χ1v) is 4.82. The number of methoxy groups -OCH3 is 2. The van der Waals surface area contributed by atoms with E-state index in [0.717, 1.165) is 11.5 Å². The lowest BCUT2D eigenvalue weighted by molar-refractivity contribution is 0.350. The van der Waals surface area contributed by atoms with E-state index >= 15 is 0 Å². The van der Waals surface area contributed by atoms with Crippen molar-refractivity contribution >= 4 is 0 Å². The molecule has 0 bridgehead atoms. The number of benzene rings is 1. The molecule has 0 amide bonds. The molecule has 78 valence electrons. The zero-order chi connectivity index (χ0) is 10.7. The van der Waals surface area contributed by atoms with Crippen molar-refractivity contribution in [2.75, 3.05) is 14.2 Å². The van der Waals surface area contributed by atoms with Crippen LogP contribution in [0.4, 0.5) is 0 Å². The molecule has 0 heterocycles. The lowest BCUT2D eigenvalue weighted by Crippen LogP contribution is -1.98. The average Bonchev–Trinajstić information content (AvgIpc) is 2.16. The quantitative estimate of drug-likeness (QED) is 0.736. The van der Waals surface area contributed by atoms with E-state index in [9.17, 15) is 0 Å². The van der Waals surface area contributed by atoms with Crippen LogP contribution in [-0.2, 0) is 0 Å².